The Morgan fingerprint density at radius 3 is 2.85 bits per heavy atom. The van der Waals surface area contributed by atoms with Gasteiger partial charge < -0.3 is 10.7 Å². The van der Waals surface area contributed by atoms with Crippen molar-refractivity contribution in [2.75, 3.05) is 17.3 Å². The number of hydrogen-bond donors (Lipinski definition) is 3. The molecule has 0 saturated carbocycles. The molecule has 11 heteroatoms. The van der Waals surface area contributed by atoms with E-state index in [0.29, 0.717) is 19.5 Å². The Morgan fingerprint density at radius 1 is 1.40 bits per heavy atom. The molecule has 0 bridgehead atoms. The van der Waals surface area contributed by atoms with E-state index in [9.17, 15) is 10.1 Å². The summed E-state index contributed by atoms with van der Waals surface area (Å²) < 4.78 is 1.67. The first-order chi connectivity index (χ1) is 9.72. The largest absolute Gasteiger partial charge is 0.364 e. The number of nitrogens with two attached hydrogens (primary N) is 1. The van der Waals surface area contributed by atoms with E-state index in [1.807, 2.05) is 0 Å². The topological polar surface area (TPSA) is 150 Å². The minimum Gasteiger partial charge on any atom is -0.364 e. The molecule has 0 atom stereocenters. The normalized spacial score (nSPS) is 10.2. The summed E-state index contributed by atoms with van der Waals surface area (Å²) in [5.41, 5.74) is 1.89. The molecule has 2 rings (SSSR count). The van der Waals surface area contributed by atoms with Gasteiger partial charge in [-0.15, -0.1) is 5.10 Å². The standard InChI is InChI=1S/C9H13N9O2/c10-15-9-7(18(19)20)8(12-6-13-9)11-2-1-4-17-5-3-14-16-17/h3,5-6H,1-2,4,10H2,(H2,11,12,13,15). The molecule has 0 radical (unpaired) electrons. The molecule has 0 saturated heterocycles. The Kier molecular flexibility index (Phi) is 4.34. The summed E-state index contributed by atoms with van der Waals surface area (Å²) in [5.74, 6) is 5.27. The summed E-state index contributed by atoms with van der Waals surface area (Å²) in [6, 6.07) is 0. The maximum Gasteiger partial charge on any atom is 0.354 e. The molecule has 0 aromatic carbocycles. The van der Waals surface area contributed by atoms with E-state index < -0.39 is 4.92 Å². The fraction of sp³-hybridized carbons (Fsp3) is 0.333. The summed E-state index contributed by atoms with van der Waals surface area (Å²) in [7, 11) is 0. The number of nitrogen functional groups attached to an aromatic ring is 1. The third kappa shape index (κ3) is 3.14. The van der Waals surface area contributed by atoms with E-state index in [4.69, 9.17) is 5.84 Å². The van der Waals surface area contributed by atoms with Gasteiger partial charge in [0, 0.05) is 19.3 Å². The number of aryl methyl sites for hydroxylation is 1. The number of anilines is 2. The van der Waals surface area contributed by atoms with Gasteiger partial charge in [0.25, 0.3) is 0 Å². The molecule has 0 aliphatic heterocycles. The SMILES string of the molecule is NNc1ncnc(NCCCn2ccnn2)c1[N+](=O)[O-]. The van der Waals surface area contributed by atoms with Crippen molar-refractivity contribution in [3.8, 4) is 0 Å². The van der Waals surface area contributed by atoms with Crippen LogP contribution in [0.3, 0.4) is 0 Å². The highest BCUT2D eigenvalue weighted by Gasteiger charge is 2.21. The minimum atomic E-state index is -0.588. The molecule has 0 aliphatic carbocycles. The van der Waals surface area contributed by atoms with Gasteiger partial charge >= 0.3 is 5.69 Å². The maximum absolute atomic E-state index is 11.0. The first kappa shape index (κ1) is 13.6. The highest BCUT2D eigenvalue weighted by molar-refractivity contribution is 5.68. The predicted octanol–water partition coefficient (Wildman–Crippen LogP) is -0.236. The zero-order chi connectivity index (χ0) is 14.4. The first-order valence-corrected chi connectivity index (χ1v) is 5.76. The Labute approximate surface area is 113 Å². The number of nitrogens with one attached hydrogen (secondary N) is 2. The molecule has 0 fully saturated rings. The molecular weight excluding hydrogens is 266 g/mol. The monoisotopic (exact) mass is 279 g/mol. The number of rotatable bonds is 7. The van der Waals surface area contributed by atoms with Crippen LogP contribution >= 0.6 is 0 Å². The second-order valence-corrected chi connectivity index (χ2v) is 3.77. The van der Waals surface area contributed by atoms with Gasteiger partial charge in [-0.25, -0.2) is 15.8 Å². The summed E-state index contributed by atoms with van der Waals surface area (Å²) in [6.07, 6.45) is 5.23. The minimum absolute atomic E-state index is 0.0382. The van der Waals surface area contributed by atoms with E-state index in [1.165, 1.54) is 6.33 Å². The van der Waals surface area contributed by atoms with Crippen molar-refractivity contribution in [1.82, 2.24) is 25.0 Å². The quantitative estimate of drug-likeness (QED) is 0.270. The number of hydrazine groups is 1. The van der Waals surface area contributed by atoms with E-state index in [1.54, 1.807) is 17.1 Å². The van der Waals surface area contributed by atoms with Crippen molar-refractivity contribution in [3.63, 3.8) is 0 Å². The van der Waals surface area contributed by atoms with Gasteiger partial charge in [-0.2, -0.15) is 0 Å². The van der Waals surface area contributed by atoms with Crippen LogP contribution in [0.4, 0.5) is 17.3 Å². The van der Waals surface area contributed by atoms with Crippen LogP contribution in [0.25, 0.3) is 0 Å². The number of nitro groups is 1. The van der Waals surface area contributed by atoms with Crippen molar-refractivity contribution in [2.45, 2.75) is 13.0 Å². The zero-order valence-corrected chi connectivity index (χ0v) is 10.4. The van der Waals surface area contributed by atoms with Gasteiger partial charge in [0.2, 0.25) is 11.6 Å². The van der Waals surface area contributed by atoms with Crippen LogP contribution in [0.5, 0.6) is 0 Å². The molecule has 2 heterocycles. The lowest BCUT2D eigenvalue weighted by atomic mass is 10.4. The van der Waals surface area contributed by atoms with E-state index in [0.717, 1.165) is 0 Å². The average molecular weight is 279 g/mol. The molecule has 2 aromatic rings. The Hall–Kier alpha value is -2.82. The average Bonchev–Trinajstić information content (AvgIpc) is 2.96. The molecule has 0 spiro atoms. The lowest BCUT2D eigenvalue weighted by Crippen LogP contribution is -2.14. The highest BCUT2D eigenvalue weighted by atomic mass is 16.6. The second kappa shape index (κ2) is 6.38. The molecule has 11 nitrogen and oxygen atoms in total. The maximum atomic E-state index is 11.0. The van der Waals surface area contributed by atoms with Crippen molar-refractivity contribution >= 4 is 17.3 Å². The summed E-state index contributed by atoms with van der Waals surface area (Å²) in [5, 5.41) is 21.4. The van der Waals surface area contributed by atoms with Gasteiger partial charge in [-0.1, -0.05) is 5.21 Å². The zero-order valence-electron chi connectivity index (χ0n) is 10.4. The second-order valence-electron chi connectivity index (χ2n) is 3.77. The molecule has 0 amide bonds. The molecule has 106 valence electrons. The van der Waals surface area contributed by atoms with Crippen LogP contribution in [-0.2, 0) is 6.54 Å². The number of aromatic nitrogens is 5. The smallest absolute Gasteiger partial charge is 0.354 e. The predicted molar refractivity (Wildman–Crippen MR) is 69.6 cm³/mol. The molecule has 20 heavy (non-hydrogen) atoms. The van der Waals surface area contributed by atoms with Gasteiger partial charge in [-0.05, 0) is 6.42 Å². The Morgan fingerprint density at radius 2 is 2.20 bits per heavy atom. The van der Waals surface area contributed by atoms with Crippen LogP contribution in [0.2, 0.25) is 0 Å². The molecular formula is C9H13N9O2. The van der Waals surface area contributed by atoms with Crippen molar-refractivity contribution < 1.29 is 4.92 Å². The van der Waals surface area contributed by atoms with Crippen molar-refractivity contribution in [3.05, 3.63) is 28.8 Å². The van der Waals surface area contributed by atoms with Gasteiger partial charge in [0.1, 0.15) is 6.33 Å². The molecule has 0 unspecified atom stereocenters. The van der Waals surface area contributed by atoms with Crippen molar-refractivity contribution in [2.24, 2.45) is 5.84 Å². The van der Waals surface area contributed by atoms with Crippen LogP contribution in [0, 0.1) is 10.1 Å². The highest BCUT2D eigenvalue weighted by Crippen LogP contribution is 2.27. The Balaban J connectivity index is 1.96. The van der Waals surface area contributed by atoms with E-state index >= 15 is 0 Å². The van der Waals surface area contributed by atoms with Gasteiger partial charge in [-0.3, -0.25) is 14.8 Å². The molecule has 2 aromatic heterocycles. The fourth-order valence-electron chi connectivity index (χ4n) is 1.59. The third-order valence-corrected chi connectivity index (χ3v) is 2.47. The lowest BCUT2D eigenvalue weighted by molar-refractivity contribution is -0.383. The fourth-order valence-corrected chi connectivity index (χ4v) is 1.59. The van der Waals surface area contributed by atoms with Crippen LogP contribution < -0.4 is 16.6 Å². The van der Waals surface area contributed by atoms with E-state index in [-0.39, 0.29) is 17.3 Å². The first-order valence-electron chi connectivity index (χ1n) is 5.76. The third-order valence-electron chi connectivity index (χ3n) is 2.47. The van der Waals surface area contributed by atoms with Gasteiger partial charge in [0.15, 0.2) is 0 Å². The van der Waals surface area contributed by atoms with Crippen molar-refractivity contribution in [1.29, 1.82) is 0 Å². The number of hydrogen-bond acceptors (Lipinski definition) is 9. The van der Waals surface area contributed by atoms with Crippen LogP contribution in [-0.4, -0.2) is 36.4 Å². The van der Waals surface area contributed by atoms with Crippen LogP contribution in [0.15, 0.2) is 18.7 Å². The summed E-state index contributed by atoms with van der Waals surface area (Å²) >= 11 is 0. The molecule has 0 aliphatic rings. The Bertz CT molecular complexity index is 571. The van der Waals surface area contributed by atoms with E-state index in [2.05, 4.69) is 31.0 Å². The summed E-state index contributed by atoms with van der Waals surface area (Å²) in [6.45, 7) is 1.13. The van der Waals surface area contributed by atoms with Crippen LogP contribution in [0.1, 0.15) is 6.42 Å². The lowest BCUT2D eigenvalue weighted by Gasteiger charge is -2.07. The van der Waals surface area contributed by atoms with Gasteiger partial charge in [0.05, 0.1) is 11.1 Å². The number of nitrogens with zero attached hydrogens (tertiary/aromatic N) is 6. The summed E-state index contributed by atoms with van der Waals surface area (Å²) in [4.78, 5) is 17.9. The molecule has 4 N–H and O–H groups in total.